The predicted molar refractivity (Wildman–Crippen MR) is 30.4 cm³/mol. The maximum absolute atomic E-state index is 12.1. The van der Waals surface area contributed by atoms with Crippen molar-refractivity contribution in [3.63, 3.8) is 0 Å². The van der Waals surface area contributed by atoms with Gasteiger partial charge in [-0.25, -0.2) is 0 Å². The van der Waals surface area contributed by atoms with Crippen molar-refractivity contribution in [3.8, 4) is 0 Å². The minimum absolute atomic E-state index is 0.602. The molecule has 7 heteroatoms. The van der Waals surface area contributed by atoms with Gasteiger partial charge in [0, 0.05) is 0 Å². The first-order chi connectivity index (χ1) is 5.66. The van der Waals surface area contributed by atoms with Crippen molar-refractivity contribution < 1.29 is 30.7 Å². The fourth-order valence-corrected chi connectivity index (χ4v) is 0.393. The van der Waals surface area contributed by atoms with Crippen molar-refractivity contribution in [2.24, 2.45) is 0 Å². The average molecular weight is 208 g/mol. The lowest BCUT2D eigenvalue weighted by atomic mass is 10.1. The molecule has 0 rings (SSSR count). The molecule has 13 heavy (non-hydrogen) atoms. The molecule has 0 amide bonds. The van der Waals surface area contributed by atoms with Gasteiger partial charge in [-0.15, -0.1) is 0 Å². The number of halogens is 7. The molecule has 76 valence electrons. The molecule has 0 unspecified atom stereocenters. The topological polar surface area (TPSA) is 0 Å². The van der Waals surface area contributed by atoms with Crippen LogP contribution in [-0.4, -0.2) is 11.8 Å². The lowest BCUT2D eigenvalue weighted by molar-refractivity contribution is -0.166. The molecule has 0 aromatic carbocycles. The lowest BCUT2D eigenvalue weighted by Gasteiger charge is -2.20. The molecule has 0 saturated heterocycles. The highest BCUT2D eigenvalue weighted by molar-refractivity contribution is 5.15. The Labute approximate surface area is 68.3 Å². The Balaban J connectivity index is 5.20. The molecule has 0 atom stereocenters. The van der Waals surface area contributed by atoms with E-state index in [-0.39, 0.29) is 0 Å². The van der Waals surface area contributed by atoms with Gasteiger partial charge in [0.2, 0.25) is 5.83 Å². The van der Waals surface area contributed by atoms with E-state index in [9.17, 15) is 30.7 Å². The predicted octanol–water partition coefficient (Wildman–Crippen LogP) is 3.52. The van der Waals surface area contributed by atoms with Gasteiger partial charge in [0.05, 0.1) is 0 Å². The van der Waals surface area contributed by atoms with Crippen molar-refractivity contribution in [3.05, 3.63) is 24.6 Å². The fraction of sp³-hybridized carbons (Fsp3) is 0.333. The minimum Gasteiger partial charge on any atom is -0.199 e. The van der Waals surface area contributed by atoms with E-state index in [1.165, 1.54) is 0 Å². The summed E-state index contributed by atoms with van der Waals surface area (Å²) in [6.07, 6.45) is -4.08. The van der Waals surface area contributed by atoms with Gasteiger partial charge in [0.1, 0.15) is 0 Å². The van der Waals surface area contributed by atoms with Gasteiger partial charge in [-0.3, -0.25) is 0 Å². The summed E-state index contributed by atoms with van der Waals surface area (Å²) in [5, 5.41) is 0. The van der Waals surface area contributed by atoms with Crippen LogP contribution >= 0.6 is 0 Å². The Bertz CT molecular complexity index is 235. The van der Waals surface area contributed by atoms with Crippen LogP contribution < -0.4 is 0 Å². The van der Waals surface area contributed by atoms with Gasteiger partial charge < -0.3 is 0 Å². The first kappa shape index (κ1) is 12.0. The monoisotopic (exact) mass is 208 g/mol. The van der Waals surface area contributed by atoms with Gasteiger partial charge in [-0.1, -0.05) is 6.58 Å². The Morgan fingerprint density at radius 3 is 1.62 bits per heavy atom. The maximum atomic E-state index is 12.1. The first-order valence-corrected chi connectivity index (χ1v) is 2.77. The van der Waals surface area contributed by atoms with E-state index in [0.717, 1.165) is 0 Å². The zero-order chi connectivity index (χ0) is 10.9. The Kier molecular flexibility index (Phi) is 3.13. The van der Waals surface area contributed by atoms with Crippen molar-refractivity contribution >= 4 is 0 Å². The molecule has 0 heterocycles. The summed E-state index contributed by atoms with van der Waals surface area (Å²) in [6.45, 7) is 2.28. The van der Waals surface area contributed by atoms with Crippen molar-refractivity contribution in [2.75, 3.05) is 0 Å². The molecule has 0 nitrogen and oxygen atoms in total. The van der Waals surface area contributed by atoms with E-state index < -0.39 is 29.8 Å². The van der Waals surface area contributed by atoms with Gasteiger partial charge in [0.15, 0.2) is 0 Å². The highest BCUT2D eigenvalue weighted by atomic mass is 19.3. The van der Waals surface area contributed by atoms with Crippen LogP contribution in [-0.2, 0) is 0 Å². The third kappa shape index (κ3) is 2.02. The molecule has 0 aliphatic carbocycles. The molecule has 0 N–H and O–H groups in total. The summed E-state index contributed by atoms with van der Waals surface area (Å²) in [4.78, 5) is 0. The van der Waals surface area contributed by atoms with E-state index in [2.05, 4.69) is 6.58 Å². The summed E-state index contributed by atoms with van der Waals surface area (Å²) in [5.41, 5.74) is 0. The maximum Gasteiger partial charge on any atom is 0.369 e. The zero-order valence-corrected chi connectivity index (χ0v) is 5.93. The summed E-state index contributed by atoms with van der Waals surface area (Å²) in [5.74, 6) is -14.0. The number of hydrogen-bond acceptors (Lipinski definition) is 0. The van der Waals surface area contributed by atoms with Crippen LogP contribution in [0.25, 0.3) is 0 Å². The third-order valence-electron chi connectivity index (χ3n) is 1.12. The minimum atomic E-state index is -5.56. The lowest BCUT2D eigenvalue weighted by Crippen LogP contribution is -2.39. The molecule has 0 aromatic heterocycles. The second-order valence-corrected chi connectivity index (χ2v) is 1.98. The van der Waals surface area contributed by atoms with Gasteiger partial charge >= 0.3 is 17.9 Å². The highest BCUT2D eigenvalue weighted by Crippen LogP contribution is 2.42. The van der Waals surface area contributed by atoms with Gasteiger partial charge in [-0.05, 0) is 6.08 Å². The molecule has 0 radical (unpaired) electrons. The van der Waals surface area contributed by atoms with Crippen molar-refractivity contribution in [1.82, 2.24) is 0 Å². The van der Waals surface area contributed by atoms with Gasteiger partial charge in [-0.2, -0.15) is 30.7 Å². The van der Waals surface area contributed by atoms with E-state index in [0.29, 0.717) is 0 Å². The molecule has 0 fully saturated rings. The third-order valence-corrected chi connectivity index (χ3v) is 1.12. The van der Waals surface area contributed by atoms with Crippen LogP contribution in [0, 0.1) is 0 Å². The van der Waals surface area contributed by atoms with Crippen molar-refractivity contribution in [1.29, 1.82) is 0 Å². The molecular weight excluding hydrogens is 205 g/mol. The number of allylic oxidation sites excluding steroid dienone is 2. The Morgan fingerprint density at radius 2 is 1.38 bits per heavy atom. The largest absolute Gasteiger partial charge is 0.369 e. The average Bonchev–Trinajstić information content (AvgIpc) is 2.02. The molecule has 0 bridgehead atoms. The smallest absolute Gasteiger partial charge is 0.199 e. The Hall–Kier alpha value is -1.01. The quantitative estimate of drug-likeness (QED) is 0.491. The van der Waals surface area contributed by atoms with E-state index in [1.54, 1.807) is 0 Å². The molecule has 0 aliphatic rings. The second kappa shape index (κ2) is 3.39. The highest BCUT2D eigenvalue weighted by Gasteiger charge is 2.59. The number of alkyl halides is 4. The van der Waals surface area contributed by atoms with Crippen LogP contribution in [0.15, 0.2) is 24.6 Å². The summed E-state index contributed by atoms with van der Waals surface area (Å²) in [6, 6.07) is 0. The zero-order valence-electron chi connectivity index (χ0n) is 5.93. The summed E-state index contributed by atoms with van der Waals surface area (Å²) in [7, 11) is 0. The normalized spacial score (nSPS) is 12.5. The van der Waals surface area contributed by atoms with Gasteiger partial charge in [0.25, 0.3) is 0 Å². The van der Waals surface area contributed by atoms with Crippen LogP contribution in [0.4, 0.5) is 30.7 Å². The van der Waals surface area contributed by atoms with E-state index in [4.69, 9.17) is 0 Å². The van der Waals surface area contributed by atoms with Crippen LogP contribution in [0.3, 0.4) is 0 Å². The van der Waals surface area contributed by atoms with Crippen LogP contribution in [0.2, 0.25) is 0 Å². The second-order valence-electron chi connectivity index (χ2n) is 1.98. The van der Waals surface area contributed by atoms with Crippen LogP contribution in [0.5, 0.6) is 0 Å². The molecule has 0 aromatic rings. The Morgan fingerprint density at radius 1 is 1.00 bits per heavy atom. The van der Waals surface area contributed by atoms with Crippen molar-refractivity contribution in [2.45, 2.75) is 11.8 Å². The summed E-state index contributed by atoms with van der Waals surface area (Å²) >= 11 is 0. The summed E-state index contributed by atoms with van der Waals surface area (Å²) < 4.78 is 82.7. The molecule has 0 aliphatic heterocycles. The molecule has 0 spiro atoms. The molecular formula is C6H3F7. The van der Waals surface area contributed by atoms with E-state index >= 15 is 0 Å². The SMILES string of the molecule is C=CC(F)(F)C(F)(F)C(F)=C(F)F. The standard InChI is InChI=1S/C6H3F7/c1-2-5(10,11)6(12,13)3(7)4(8)9/h2H,1H2. The number of hydrogen-bond donors (Lipinski definition) is 0. The van der Waals surface area contributed by atoms with Crippen LogP contribution in [0.1, 0.15) is 0 Å². The fourth-order valence-electron chi connectivity index (χ4n) is 0.393. The number of rotatable bonds is 3. The van der Waals surface area contributed by atoms with E-state index in [1.807, 2.05) is 0 Å². The first-order valence-electron chi connectivity index (χ1n) is 2.77. The molecule has 0 saturated carbocycles.